The third kappa shape index (κ3) is 3.81. The van der Waals surface area contributed by atoms with Crippen LogP contribution in [0.3, 0.4) is 0 Å². The normalized spacial score (nSPS) is 12.2. The van der Waals surface area contributed by atoms with Gasteiger partial charge < -0.3 is 15.5 Å². The second-order valence-corrected chi connectivity index (χ2v) is 5.87. The molecule has 24 heavy (non-hydrogen) atoms. The molecule has 3 N–H and O–H groups in total. The Morgan fingerprint density at radius 3 is 2.75 bits per heavy atom. The van der Waals surface area contributed by atoms with E-state index in [4.69, 9.17) is 10.2 Å². The van der Waals surface area contributed by atoms with Gasteiger partial charge in [0.15, 0.2) is 11.5 Å². The SMILES string of the molecule is Cc1cccc2oc(CCNC(=O)C(N)Cc3ccccc3)nc12. The number of amides is 1. The number of para-hydroxylation sites is 1. The Kier molecular flexibility index (Phi) is 4.91. The zero-order valence-corrected chi connectivity index (χ0v) is 13.7. The summed E-state index contributed by atoms with van der Waals surface area (Å²) in [6.07, 6.45) is 1.06. The van der Waals surface area contributed by atoms with Gasteiger partial charge in [0.05, 0.1) is 6.04 Å². The van der Waals surface area contributed by atoms with Gasteiger partial charge in [-0.1, -0.05) is 42.5 Å². The van der Waals surface area contributed by atoms with Gasteiger partial charge >= 0.3 is 0 Å². The third-order valence-electron chi connectivity index (χ3n) is 3.94. The van der Waals surface area contributed by atoms with Gasteiger partial charge in [0.2, 0.25) is 5.91 Å². The molecule has 5 nitrogen and oxygen atoms in total. The molecule has 3 aromatic rings. The summed E-state index contributed by atoms with van der Waals surface area (Å²) >= 11 is 0. The molecule has 0 saturated heterocycles. The Hall–Kier alpha value is -2.66. The van der Waals surface area contributed by atoms with Crippen molar-refractivity contribution in [1.29, 1.82) is 0 Å². The van der Waals surface area contributed by atoms with Crippen LogP contribution in [0.2, 0.25) is 0 Å². The number of carbonyl (C=O) groups excluding carboxylic acids is 1. The van der Waals surface area contributed by atoms with E-state index in [0.29, 0.717) is 25.3 Å². The number of nitrogens with two attached hydrogens (primary N) is 1. The first kappa shape index (κ1) is 16.2. The molecule has 1 aromatic heterocycles. The van der Waals surface area contributed by atoms with Crippen LogP contribution in [0.5, 0.6) is 0 Å². The number of nitrogens with zero attached hydrogens (tertiary/aromatic N) is 1. The van der Waals surface area contributed by atoms with Gasteiger partial charge in [-0.25, -0.2) is 4.98 Å². The molecule has 0 bridgehead atoms. The summed E-state index contributed by atoms with van der Waals surface area (Å²) in [5.41, 5.74) is 9.74. The van der Waals surface area contributed by atoms with E-state index in [0.717, 1.165) is 22.2 Å². The molecular weight excluding hydrogens is 302 g/mol. The number of aryl methyl sites for hydroxylation is 1. The maximum absolute atomic E-state index is 12.1. The van der Waals surface area contributed by atoms with Crippen LogP contribution < -0.4 is 11.1 Å². The Morgan fingerprint density at radius 2 is 2.00 bits per heavy atom. The van der Waals surface area contributed by atoms with Crippen LogP contribution in [-0.2, 0) is 17.6 Å². The first-order chi connectivity index (χ1) is 11.6. The highest BCUT2D eigenvalue weighted by atomic mass is 16.3. The van der Waals surface area contributed by atoms with E-state index in [2.05, 4.69) is 10.3 Å². The van der Waals surface area contributed by atoms with E-state index >= 15 is 0 Å². The maximum atomic E-state index is 12.1. The van der Waals surface area contributed by atoms with Crippen molar-refractivity contribution < 1.29 is 9.21 Å². The van der Waals surface area contributed by atoms with Crippen molar-refractivity contribution >= 4 is 17.0 Å². The molecule has 1 atom stereocenters. The van der Waals surface area contributed by atoms with Crippen molar-refractivity contribution in [2.75, 3.05) is 6.54 Å². The minimum atomic E-state index is -0.557. The summed E-state index contributed by atoms with van der Waals surface area (Å²) in [6.45, 7) is 2.45. The predicted octanol–water partition coefficient (Wildman–Crippen LogP) is 2.36. The average Bonchev–Trinajstić information content (AvgIpc) is 3.00. The molecule has 1 heterocycles. The van der Waals surface area contributed by atoms with Gasteiger partial charge in [0.1, 0.15) is 5.52 Å². The summed E-state index contributed by atoms with van der Waals surface area (Å²) in [7, 11) is 0. The Morgan fingerprint density at radius 1 is 1.21 bits per heavy atom. The second kappa shape index (κ2) is 7.27. The zero-order valence-electron chi connectivity index (χ0n) is 13.7. The molecule has 1 unspecified atom stereocenters. The molecule has 1 amide bonds. The molecule has 0 aliphatic heterocycles. The van der Waals surface area contributed by atoms with Gasteiger partial charge in [-0.05, 0) is 30.5 Å². The van der Waals surface area contributed by atoms with Crippen LogP contribution in [0.15, 0.2) is 52.9 Å². The van der Waals surface area contributed by atoms with Crippen LogP contribution in [-0.4, -0.2) is 23.5 Å². The minimum absolute atomic E-state index is 0.161. The molecule has 0 fully saturated rings. The van der Waals surface area contributed by atoms with Crippen molar-refractivity contribution in [2.45, 2.75) is 25.8 Å². The lowest BCUT2D eigenvalue weighted by Crippen LogP contribution is -2.42. The number of rotatable bonds is 6. The van der Waals surface area contributed by atoms with Crippen LogP contribution >= 0.6 is 0 Å². The fraction of sp³-hybridized carbons (Fsp3) is 0.263. The van der Waals surface area contributed by atoms with Crippen molar-refractivity contribution in [2.24, 2.45) is 5.73 Å². The fourth-order valence-corrected chi connectivity index (χ4v) is 2.62. The fourth-order valence-electron chi connectivity index (χ4n) is 2.62. The molecule has 3 rings (SSSR count). The summed E-state index contributed by atoms with van der Waals surface area (Å²) in [5.74, 6) is 0.461. The van der Waals surface area contributed by atoms with Crippen LogP contribution in [0.4, 0.5) is 0 Å². The standard InChI is InChI=1S/C19H21N3O2/c1-13-6-5-9-16-18(13)22-17(24-16)10-11-21-19(23)15(20)12-14-7-3-2-4-8-14/h2-9,15H,10-12,20H2,1H3,(H,21,23). The van der Waals surface area contributed by atoms with E-state index in [1.165, 1.54) is 0 Å². The van der Waals surface area contributed by atoms with E-state index in [-0.39, 0.29) is 5.91 Å². The van der Waals surface area contributed by atoms with Gasteiger partial charge in [-0.2, -0.15) is 0 Å². The molecule has 0 radical (unpaired) electrons. The van der Waals surface area contributed by atoms with E-state index in [1.807, 2.05) is 55.5 Å². The lowest BCUT2D eigenvalue weighted by atomic mass is 10.1. The van der Waals surface area contributed by atoms with E-state index in [1.54, 1.807) is 0 Å². The first-order valence-electron chi connectivity index (χ1n) is 8.06. The van der Waals surface area contributed by atoms with Crippen LogP contribution in [0.1, 0.15) is 17.0 Å². The van der Waals surface area contributed by atoms with Crippen LogP contribution in [0, 0.1) is 6.92 Å². The molecule has 0 saturated carbocycles. The number of fused-ring (bicyclic) bond motifs is 1. The summed E-state index contributed by atoms with van der Waals surface area (Å²) in [4.78, 5) is 16.5. The van der Waals surface area contributed by atoms with Crippen molar-refractivity contribution in [3.63, 3.8) is 0 Å². The first-order valence-corrected chi connectivity index (χ1v) is 8.06. The van der Waals surface area contributed by atoms with Gasteiger partial charge in [-0.3, -0.25) is 4.79 Å². The number of aromatic nitrogens is 1. The highest BCUT2D eigenvalue weighted by Gasteiger charge is 2.14. The summed E-state index contributed by atoms with van der Waals surface area (Å²) < 4.78 is 5.69. The molecule has 0 spiro atoms. The monoisotopic (exact) mass is 323 g/mol. The molecule has 5 heteroatoms. The Balaban J connectivity index is 1.51. The number of oxazole rings is 1. The highest BCUT2D eigenvalue weighted by molar-refractivity contribution is 5.81. The lowest BCUT2D eigenvalue weighted by Gasteiger charge is -2.11. The highest BCUT2D eigenvalue weighted by Crippen LogP contribution is 2.18. The Bertz CT molecular complexity index is 827. The molecule has 2 aromatic carbocycles. The topological polar surface area (TPSA) is 81.2 Å². The van der Waals surface area contributed by atoms with Gasteiger partial charge in [0, 0.05) is 13.0 Å². The van der Waals surface area contributed by atoms with E-state index in [9.17, 15) is 4.79 Å². The smallest absolute Gasteiger partial charge is 0.237 e. The average molecular weight is 323 g/mol. The predicted molar refractivity (Wildman–Crippen MR) is 93.6 cm³/mol. The van der Waals surface area contributed by atoms with Crippen molar-refractivity contribution in [3.05, 3.63) is 65.5 Å². The van der Waals surface area contributed by atoms with Crippen LogP contribution in [0.25, 0.3) is 11.1 Å². The number of carbonyl (C=O) groups is 1. The number of benzene rings is 2. The zero-order chi connectivity index (χ0) is 16.9. The molecule has 0 aliphatic carbocycles. The maximum Gasteiger partial charge on any atom is 0.237 e. The van der Waals surface area contributed by atoms with E-state index < -0.39 is 6.04 Å². The number of nitrogens with one attached hydrogen (secondary N) is 1. The van der Waals surface area contributed by atoms with Gasteiger partial charge in [0.25, 0.3) is 0 Å². The third-order valence-corrected chi connectivity index (χ3v) is 3.94. The van der Waals surface area contributed by atoms with Crippen molar-refractivity contribution in [1.82, 2.24) is 10.3 Å². The molecule has 0 aliphatic rings. The van der Waals surface area contributed by atoms with Crippen molar-refractivity contribution in [3.8, 4) is 0 Å². The molecule has 124 valence electrons. The minimum Gasteiger partial charge on any atom is -0.441 e. The second-order valence-electron chi connectivity index (χ2n) is 5.87. The summed E-state index contributed by atoms with van der Waals surface area (Å²) in [6, 6.07) is 15.0. The lowest BCUT2D eigenvalue weighted by molar-refractivity contribution is -0.122. The Labute approximate surface area is 140 Å². The van der Waals surface area contributed by atoms with Gasteiger partial charge in [-0.15, -0.1) is 0 Å². The number of hydrogen-bond donors (Lipinski definition) is 2. The summed E-state index contributed by atoms with van der Waals surface area (Å²) in [5, 5.41) is 2.85. The number of hydrogen-bond acceptors (Lipinski definition) is 4. The molecular formula is C19H21N3O2. The largest absolute Gasteiger partial charge is 0.441 e. The quantitative estimate of drug-likeness (QED) is 0.730.